The largest absolute Gasteiger partial charge is 0.489 e. The average Bonchev–Trinajstić information content (AvgIpc) is 2.82. The molecule has 1 spiro atoms. The Morgan fingerprint density at radius 1 is 1.18 bits per heavy atom. The van der Waals surface area contributed by atoms with Crippen molar-refractivity contribution < 1.29 is 35.5 Å². The second-order valence-corrected chi connectivity index (χ2v) is 11.1. The molecule has 1 amide bonds. The number of carbonyl (C=O) groups excluding carboxylic acids is 1. The van der Waals surface area contributed by atoms with E-state index in [1.165, 1.54) is 22.5 Å². The minimum atomic E-state index is -4.61. The summed E-state index contributed by atoms with van der Waals surface area (Å²) in [5.74, 6) is -1.52. The van der Waals surface area contributed by atoms with Crippen LogP contribution in [0.5, 0.6) is 5.75 Å². The van der Waals surface area contributed by atoms with E-state index in [-0.39, 0.29) is 47.5 Å². The summed E-state index contributed by atoms with van der Waals surface area (Å²) in [5, 5.41) is 0. The zero-order valence-corrected chi connectivity index (χ0v) is 18.9. The third kappa shape index (κ3) is 3.63. The quantitative estimate of drug-likeness (QED) is 0.606. The first-order chi connectivity index (χ1) is 15.9. The molecule has 12 heteroatoms. The number of carbonyl (C=O) groups is 1. The van der Waals surface area contributed by atoms with Crippen molar-refractivity contribution in [3.05, 3.63) is 53.6 Å². The minimum Gasteiger partial charge on any atom is -0.489 e. The number of ether oxygens (including phenoxy) is 1. The van der Waals surface area contributed by atoms with Crippen molar-refractivity contribution in [2.45, 2.75) is 42.9 Å². The number of fused-ring (bicyclic) bond motifs is 1. The van der Waals surface area contributed by atoms with Gasteiger partial charge in [0, 0.05) is 30.7 Å². The van der Waals surface area contributed by atoms with Crippen molar-refractivity contribution in [2.24, 2.45) is 5.41 Å². The first-order valence-electron chi connectivity index (χ1n) is 10.7. The molecule has 182 valence electrons. The molecular formula is C22H21F4N3O4S. The number of hydrogen-bond donors (Lipinski definition) is 0. The van der Waals surface area contributed by atoms with Crippen LogP contribution in [-0.4, -0.2) is 60.3 Å². The Labute approximate surface area is 193 Å². The Hall–Kier alpha value is -2.73. The van der Waals surface area contributed by atoms with Gasteiger partial charge in [0.15, 0.2) is 11.4 Å². The number of halogens is 4. The molecule has 0 N–H and O–H groups in total. The molecule has 2 fully saturated rings. The van der Waals surface area contributed by atoms with E-state index >= 15 is 0 Å². The van der Waals surface area contributed by atoms with Crippen LogP contribution in [0.25, 0.3) is 0 Å². The summed E-state index contributed by atoms with van der Waals surface area (Å²) in [6.07, 6.45) is -2.93. The van der Waals surface area contributed by atoms with Gasteiger partial charge in [-0.25, -0.2) is 17.8 Å². The van der Waals surface area contributed by atoms with Gasteiger partial charge < -0.3 is 9.64 Å². The number of rotatable bonds is 3. The van der Waals surface area contributed by atoms with Crippen LogP contribution in [0.1, 0.15) is 35.8 Å². The Morgan fingerprint density at radius 3 is 2.50 bits per heavy atom. The van der Waals surface area contributed by atoms with Crippen LogP contribution in [0.2, 0.25) is 0 Å². The van der Waals surface area contributed by atoms with E-state index in [1.807, 2.05) is 0 Å². The van der Waals surface area contributed by atoms with Gasteiger partial charge in [-0.1, -0.05) is 12.1 Å². The second-order valence-electron chi connectivity index (χ2n) is 9.21. The normalized spacial score (nSPS) is 23.0. The summed E-state index contributed by atoms with van der Waals surface area (Å²) in [6, 6.07) is 5.36. The van der Waals surface area contributed by atoms with E-state index in [4.69, 9.17) is 4.74 Å². The molecule has 0 radical (unpaired) electrons. The number of pyridine rings is 1. The maximum absolute atomic E-state index is 14.0. The van der Waals surface area contributed by atoms with E-state index in [2.05, 4.69) is 4.98 Å². The first-order valence-corrected chi connectivity index (χ1v) is 12.1. The highest BCUT2D eigenvalue weighted by Gasteiger charge is 2.58. The molecule has 1 saturated carbocycles. The number of hydrogen-bond acceptors (Lipinski definition) is 5. The number of nitrogens with zero attached hydrogens (tertiary/aromatic N) is 3. The van der Waals surface area contributed by atoms with E-state index in [9.17, 15) is 30.8 Å². The van der Waals surface area contributed by atoms with Crippen molar-refractivity contribution in [1.29, 1.82) is 0 Å². The van der Waals surface area contributed by atoms with Gasteiger partial charge in [-0.3, -0.25) is 4.79 Å². The Kier molecular flexibility index (Phi) is 5.17. The van der Waals surface area contributed by atoms with Crippen LogP contribution < -0.4 is 4.74 Å². The van der Waals surface area contributed by atoms with Gasteiger partial charge in [0.1, 0.15) is 17.3 Å². The topological polar surface area (TPSA) is 79.8 Å². The molecule has 3 heterocycles. The molecule has 5 rings (SSSR count). The predicted molar refractivity (Wildman–Crippen MR) is 111 cm³/mol. The van der Waals surface area contributed by atoms with Gasteiger partial charge in [0.25, 0.3) is 5.91 Å². The van der Waals surface area contributed by atoms with Gasteiger partial charge in [-0.2, -0.15) is 17.5 Å². The predicted octanol–water partition coefficient (Wildman–Crippen LogP) is 3.32. The SMILES string of the molecule is C[C@@H]1COc2cc(C(F)(F)F)cnc2C(=O)N1C1CC2(C1)CN(S(=O)(=O)c1ccccc1F)C2. The number of aromatic nitrogens is 1. The molecule has 1 atom stereocenters. The monoisotopic (exact) mass is 499 g/mol. The Morgan fingerprint density at radius 2 is 1.85 bits per heavy atom. The molecule has 34 heavy (non-hydrogen) atoms. The smallest absolute Gasteiger partial charge is 0.418 e. The summed E-state index contributed by atoms with van der Waals surface area (Å²) in [7, 11) is -3.95. The highest BCUT2D eigenvalue weighted by atomic mass is 32.2. The fraction of sp³-hybridized carbons (Fsp3) is 0.455. The molecular weight excluding hydrogens is 478 g/mol. The van der Waals surface area contributed by atoms with Crippen LogP contribution >= 0.6 is 0 Å². The average molecular weight is 499 g/mol. The van der Waals surface area contributed by atoms with Gasteiger partial charge >= 0.3 is 6.18 Å². The zero-order valence-electron chi connectivity index (χ0n) is 18.0. The highest BCUT2D eigenvalue weighted by molar-refractivity contribution is 7.89. The molecule has 1 aromatic carbocycles. The Balaban J connectivity index is 1.29. The lowest BCUT2D eigenvalue weighted by molar-refractivity contribution is -0.138. The summed E-state index contributed by atoms with van der Waals surface area (Å²) >= 11 is 0. The second kappa shape index (κ2) is 7.64. The van der Waals surface area contributed by atoms with Gasteiger partial charge in [-0.05, 0) is 38.0 Å². The lowest BCUT2D eigenvalue weighted by atomic mass is 9.61. The molecule has 2 aromatic rings. The minimum absolute atomic E-state index is 0.0129. The Bertz CT molecular complexity index is 1250. The summed E-state index contributed by atoms with van der Waals surface area (Å²) in [6.45, 7) is 2.20. The van der Waals surface area contributed by atoms with Gasteiger partial charge in [0.2, 0.25) is 10.0 Å². The van der Waals surface area contributed by atoms with E-state index < -0.39 is 39.5 Å². The van der Waals surface area contributed by atoms with Crippen molar-refractivity contribution in [1.82, 2.24) is 14.2 Å². The summed E-state index contributed by atoms with van der Waals surface area (Å²) < 4.78 is 85.3. The lowest BCUT2D eigenvalue weighted by Gasteiger charge is -2.60. The molecule has 3 aliphatic rings. The van der Waals surface area contributed by atoms with E-state index in [0.29, 0.717) is 19.0 Å². The fourth-order valence-electron chi connectivity index (χ4n) is 5.07. The van der Waals surface area contributed by atoms with Crippen molar-refractivity contribution in [2.75, 3.05) is 19.7 Å². The van der Waals surface area contributed by atoms with Crippen molar-refractivity contribution in [3.8, 4) is 5.75 Å². The maximum Gasteiger partial charge on any atom is 0.418 e. The number of alkyl halides is 3. The molecule has 2 aliphatic heterocycles. The van der Waals surface area contributed by atoms with Crippen LogP contribution in [0.15, 0.2) is 41.4 Å². The number of benzene rings is 1. The fourth-order valence-corrected chi connectivity index (χ4v) is 6.80. The third-order valence-electron chi connectivity index (χ3n) is 6.78. The first kappa shape index (κ1) is 23.0. The van der Waals surface area contributed by atoms with Crippen molar-refractivity contribution in [3.63, 3.8) is 0 Å². The summed E-state index contributed by atoms with van der Waals surface area (Å²) in [5.41, 5.74) is -1.48. The maximum atomic E-state index is 14.0. The molecule has 1 aliphatic carbocycles. The lowest BCUT2D eigenvalue weighted by Crippen LogP contribution is -2.68. The zero-order chi connectivity index (χ0) is 24.5. The number of amides is 1. The molecule has 0 unspecified atom stereocenters. The van der Waals surface area contributed by atoms with Crippen LogP contribution in [0.3, 0.4) is 0 Å². The molecule has 7 nitrogen and oxygen atoms in total. The third-order valence-corrected chi connectivity index (χ3v) is 8.61. The van der Waals surface area contributed by atoms with Crippen LogP contribution in [0, 0.1) is 11.2 Å². The van der Waals surface area contributed by atoms with Crippen molar-refractivity contribution >= 4 is 15.9 Å². The van der Waals surface area contributed by atoms with Crippen LogP contribution in [-0.2, 0) is 16.2 Å². The highest BCUT2D eigenvalue weighted by Crippen LogP contribution is 2.52. The standard InChI is InChI=1S/C22H21F4N3O4S/c1-13-10-33-17-6-14(22(24,25)26)9-27-19(17)20(30)29(13)15-7-21(8-15)11-28(12-21)34(31,32)18-5-3-2-4-16(18)23/h2-6,9,13,15H,7-8,10-12H2,1H3/t13-/m1/s1. The van der Waals surface area contributed by atoms with Gasteiger partial charge in [0.05, 0.1) is 11.6 Å². The number of sulfonamides is 1. The van der Waals surface area contributed by atoms with E-state index in [1.54, 1.807) is 11.8 Å². The molecule has 1 saturated heterocycles. The molecule has 1 aromatic heterocycles. The van der Waals surface area contributed by atoms with Crippen LogP contribution in [0.4, 0.5) is 17.6 Å². The summed E-state index contributed by atoms with van der Waals surface area (Å²) in [4.78, 5) is 18.1. The van der Waals surface area contributed by atoms with E-state index in [0.717, 1.165) is 12.1 Å². The van der Waals surface area contributed by atoms with Gasteiger partial charge in [-0.15, -0.1) is 0 Å². The molecule has 0 bridgehead atoms.